The molecule has 2 aromatic rings. The van der Waals surface area contributed by atoms with Gasteiger partial charge in [0.25, 0.3) is 0 Å². The number of nitrogens with zero attached hydrogens (tertiary/aromatic N) is 3. The Morgan fingerprint density at radius 2 is 1.75 bits per heavy atom. The van der Waals surface area contributed by atoms with Crippen LogP contribution < -0.4 is 0 Å². The van der Waals surface area contributed by atoms with E-state index in [-0.39, 0.29) is 10.4 Å². The number of halogens is 3. The molecule has 0 fully saturated rings. The van der Waals surface area contributed by atoms with Crippen LogP contribution in [0.5, 0.6) is 0 Å². The lowest BCUT2D eigenvalue weighted by atomic mass is 10.1. The van der Waals surface area contributed by atoms with Crippen molar-refractivity contribution >= 4 is 0 Å². The Morgan fingerprint density at radius 1 is 1.12 bits per heavy atom. The molecule has 0 aliphatic carbocycles. The minimum atomic E-state index is -4.52. The summed E-state index contributed by atoms with van der Waals surface area (Å²) < 4.78 is 36.6. The maximum atomic E-state index is 12.2. The lowest BCUT2D eigenvalue weighted by Gasteiger charge is -2.02. The number of benzene rings is 1. The Labute approximate surface area is 89.5 Å². The minimum Gasteiger partial charge on any atom is -0.158 e. The summed E-state index contributed by atoms with van der Waals surface area (Å²) in [6.45, 7) is 1.90. The van der Waals surface area contributed by atoms with Crippen LogP contribution in [-0.4, -0.2) is 15.0 Å². The Morgan fingerprint density at radius 3 is 2.25 bits per heavy atom. The summed E-state index contributed by atoms with van der Waals surface area (Å²) in [6, 6.07) is 7.03. The Hall–Kier alpha value is -1.85. The van der Waals surface area contributed by atoms with Crippen LogP contribution >= 0.6 is 0 Å². The van der Waals surface area contributed by atoms with Gasteiger partial charge in [-0.15, -0.1) is 18.3 Å². The number of hydrogen-bond acceptors (Lipinski definition) is 2. The van der Waals surface area contributed by atoms with Crippen molar-refractivity contribution in [3.8, 4) is 11.3 Å². The maximum absolute atomic E-state index is 12.2. The molecule has 1 heterocycles. The molecule has 3 nitrogen and oxygen atoms in total. The van der Waals surface area contributed by atoms with Gasteiger partial charge in [0, 0.05) is 5.56 Å². The van der Waals surface area contributed by atoms with Gasteiger partial charge in [-0.25, -0.2) is 0 Å². The van der Waals surface area contributed by atoms with Crippen molar-refractivity contribution in [2.75, 3.05) is 0 Å². The summed E-state index contributed by atoms with van der Waals surface area (Å²) >= 11 is 0. The van der Waals surface area contributed by atoms with E-state index in [0.29, 0.717) is 5.56 Å². The summed E-state index contributed by atoms with van der Waals surface area (Å²) in [6.07, 6.45) is -3.65. The number of hydrogen-bond donors (Lipinski definition) is 0. The zero-order chi connectivity index (χ0) is 11.8. The van der Waals surface area contributed by atoms with Crippen LogP contribution in [0.2, 0.25) is 0 Å². The number of aromatic nitrogens is 3. The molecular formula is C10H8F3N3. The van der Waals surface area contributed by atoms with Crippen LogP contribution in [0.1, 0.15) is 5.56 Å². The van der Waals surface area contributed by atoms with E-state index in [4.69, 9.17) is 0 Å². The molecule has 1 aromatic carbocycles. The molecule has 0 N–H and O–H groups in total. The quantitative estimate of drug-likeness (QED) is 0.749. The van der Waals surface area contributed by atoms with E-state index in [1.165, 1.54) is 0 Å². The third-order valence-electron chi connectivity index (χ3n) is 2.10. The normalized spacial score (nSPS) is 11.8. The Balaban J connectivity index is 2.35. The molecule has 0 aliphatic heterocycles. The zero-order valence-electron chi connectivity index (χ0n) is 8.36. The van der Waals surface area contributed by atoms with Crippen molar-refractivity contribution in [1.82, 2.24) is 15.0 Å². The maximum Gasteiger partial charge on any atom is 0.505 e. The van der Waals surface area contributed by atoms with E-state index >= 15 is 0 Å². The topological polar surface area (TPSA) is 30.7 Å². The highest BCUT2D eigenvalue weighted by atomic mass is 19.4. The summed E-state index contributed by atoms with van der Waals surface area (Å²) in [5.41, 5.74) is 1.85. The lowest BCUT2D eigenvalue weighted by molar-refractivity contribution is -0.213. The highest BCUT2D eigenvalue weighted by molar-refractivity contribution is 5.57. The molecule has 0 radical (unpaired) electrons. The Kier molecular flexibility index (Phi) is 2.41. The largest absolute Gasteiger partial charge is 0.505 e. The van der Waals surface area contributed by atoms with Crippen molar-refractivity contribution < 1.29 is 13.2 Å². The van der Waals surface area contributed by atoms with Crippen LogP contribution in [0.4, 0.5) is 13.2 Å². The molecule has 0 saturated carbocycles. The van der Waals surface area contributed by atoms with Gasteiger partial charge in [0.15, 0.2) is 0 Å². The first-order valence-electron chi connectivity index (χ1n) is 4.53. The van der Waals surface area contributed by atoms with Gasteiger partial charge in [-0.05, 0) is 6.92 Å². The summed E-state index contributed by atoms with van der Waals surface area (Å²) in [7, 11) is 0. The third-order valence-corrected chi connectivity index (χ3v) is 2.10. The van der Waals surface area contributed by atoms with Gasteiger partial charge in [-0.1, -0.05) is 35.0 Å². The number of aryl methyl sites for hydroxylation is 1. The van der Waals surface area contributed by atoms with Crippen molar-refractivity contribution in [3.05, 3.63) is 36.0 Å². The summed E-state index contributed by atoms with van der Waals surface area (Å²) in [4.78, 5) is 0. The van der Waals surface area contributed by atoms with Crippen molar-refractivity contribution in [2.45, 2.75) is 13.2 Å². The van der Waals surface area contributed by atoms with E-state index in [2.05, 4.69) is 10.3 Å². The first-order chi connectivity index (χ1) is 7.47. The molecule has 1 aromatic heterocycles. The molecule has 0 aliphatic rings. The van der Waals surface area contributed by atoms with E-state index < -0.39 is 6.30 Å². The van der Waals surface area contributed by atoms with Gasteiger partial charge in [-0.2, -0.15) is 4.68 Å². The van der Waals surface area contributed by atoms with Gasteiger partial charge in [0.2, 0.25) is 0 Å². The van der Waals surface area contributed by atoms with Crippen molar-refractivity contribution in [3.63, 3.8) is 0 Å². The molecule has 0 unspecified atom stereocenters. The fourth-order valence-corrected chi connectivity index (χ4v) is 1.24. The van der Waals surface area contributed by atoms with Gasteiger partial charge >= 0.3 is 6.30 Å². The molecule has 6 heteroatoms. The van der Waals surface area contributed by atoms with Crippen molar-refractivity contribution in [1.29, 1.82) is 0 Å². The van der Waals surface area contributed by atoms with Crippen LogP contribution in [0.15, 0.2) is 30.5 Å². The van der Waals surface area contributed by atoms with E-state index in [9.17, 15) is 13.2 Å². The van der Waals surface area contributed by atoms with E-state index in [1.807, 2.05) is 19.1 Å². The lowest BCUT2D eigenvalue weighted by Crippen LogP contribution is -2.17. The van der Waals surface area contributed by atoms with Crippen LogP contribution in [-0.2, 0) is 6.30 Å². The predicted molar refractivity (Wildman–Crippen MR) is 51.5 cm³/mol. The fraction of sp³-hybridized carbons (Fsp3) is 0.200. The van der Waals surface area contributed by atoms with Crippen LogP contribution in [0.3, 0.4) is 0 Å². The number of rotatable bonds is 1. The van der Waals surface area contributed by atoms with Crippen LogP contribution in [0.25, 0.3) is 11.3 Å². The second-order valence-corrected chi connectivity index (χ2v) is 3.38. The SMILES string of the molecule is Cc1ccc(-c2cn(C(F)(F)F)nn2)cc1. The molecule has 16 heavy (non-hydrogen) atoms. The molecule has 0 bridgehead atoms. The fourth-order valence-electron chi connectivity index (χ4n) is 1.24. The molecule has 0 amide bonds. The smallest absolute Gasteiger partial charge is 0.158 e. The standard InChI is InChI=1S/C10H8F3N3/c1-7-2-4-8(5-3-7)9-6-16(15-14-9)10(11,12)13/h2-6H,1H3. The van der Waals surface area contributed by atoms with Gasteiger partial charge < -0.3 is 0 Å². The second-order valence-electron chi connectivity index (χ2n) is 3.38. The first-order valence-corrected chi connectivity index (χ1v) is 4.53. The molecule has 84 valence electrons. The Bertz CT molecular complexity index is 485. The average molecular weight is 227 g/mol. The molecule has 0 atom stereocenters. The van der Waals surface area contributed by atoms with Crippen LogP contribution in [0, 0.1) is 6.92 Å². The van der Waals surface area contributed by atoms with Gasteiger partial charge in [0.05, 0.1) is 6.20 Å². The molecular weight excluding hydrogens is 219 g/mol. The molecule has 0 spiro atoms. The first kappa shape index (κ1) is 10.7. The van der Waals surface area contributed by atoms with E-state index in [1.54, 1.807) is 12.1 Å². The minimum absolute atomic E-state index is 0.109. The second kappa shape index (κ2) is 3.62. The van der Waals surface area contributed by atoms with E-state index in [0.717, 1.165) is 11.8 Å². The zero-order valence-corrected chi connectivity index (χ0v) is 8.36. The van der Waals surface area contributed by atoms with Gasteiger partial charge in [0.1, 0.15) is 5.69 Å². The highest BCUT2D eigenvalue weighted by Crippen LogP contribution is 2.23. The third kappa shape index (κ3) is 2.05. The predicted octanol–water partition coefficient (Wildman–Crippen LogP) is 2.73. The monoisotopic (exact) mass is 227 g/mol. The summed E-state index contributed by atoms with van der Waals surface area (Å²) in [5.74, 6) is 0. The number of alkyl halides is 3. The summed E-state index contributed by atoms with van der Waals surface area (Å²) in [5, 5.41) is 6.50. The molecule has 0 saturated heterocycles. The molecule has 2 rings (SSSR count). The van der Waals surface area contributed by atoms with Gasteiger partial charge in [-0.3, -0.25) is 0 Å². The highest BCUT2D eigenvalue weighted by Gasteiger charge is 2.32. The average Bonchev–Trinajstić information content (AvgIpc) is 2.67. The van der Waals surface area contributed by atoms with Crippen molar-refractivity contribution in [2.24, 2.45) is 0 Å².